The van der Waals surface area contributed by atoms with Crippen molar-refractivity contribution in [2.75, 3.05) is 6.54 Å². The summed E-state index contributed by atoms with van der Waals surface area (Å²) in [5, 5.41) is 10.0. The van der Waals surface area contributed by atoms with E-state index in [1.54, 1.807) is 11.8 Å². The second-order valence-electron chi connectivity index (χ2n) is 8.59. The third kappa shape index (κ3) is 2.15. The summed E-state index contributed by atoms with van der Waals surface area (Å²) >= 11 is 2.92. The molecule has 1 saturated heterocycles. The van der Waals surface area contributed by atoms with Gasteiger partial charge < -0.3 is 10.1 Å². The quantitative estimate of drug-likeness (QED) is 0.735. The first-order valence-corrected chi connectivity index (χ1v) is 10.9. The van der Waals surface area contributed by atoms with Gasteiger partial charge in [0.25, 0.3) is 0 Å². The van der Waals surface area contributed by atoms with Crippen LogP contribution in [-0.4, -0.2) is 44.6 Å². The number of carboxylic acid groups (broad SMARTS) is 1. The van der Waals surface area contributed by atoms with Gasteiger partial charge in [-0.05, 0) is 24.2 Å². The van der Waals surface area contributed by atoms with Crippen molar-refractivity contribution in [2.45, 2.75) is 42.4 Å². The molecule has 2 aliphatic heterocycles. The van der Waals surface area contributed by atoms with Crippen LogP contribution in [0, 0.1) is 29.6 Å². The van der Waals surface area contributed by atoms with E-state index in [0.29, 0.717) is 0 Å². The number of carboxylic acids is 1. The van der Waals surface area contributed by atoms with E-state index in [-0.39, 0.29) is 69.9 Å². The standard InChI is InChI=1S/C18H20N2O5S2/c1-18(2)11-6-5-7(12(11)26-14-13(18)27-17(25)19-14)10-9(6)15(23)20(16(10)24)4-3-8(21)22/h6-7,9-12H,3-5H2,1-2H3,(H,19,25)(H,21,22). The number of H-pyrrole nitrogens is 1. The Labute approximate surface area is 163 Å². The topological polar surface area (TPSA) is 108 Å². The van der Waals surface area contributed by atoms with Crippen LogP contribution in [0.15, 0.2) is 9.82 Å². The molecule has 2 saturated carbocycles. The smallest absolute Gasteiger partial charge is 0.305 e. The normalized spacial score (nSPS) is 38.1. The van der Waals surface area contributed by atoms with Gasteiger partial charge in [0.05, 0.1) is 23.3 Å². The van der Waals surface area contributed by atoms with Crippen molar-refractivity contribution in [1.29, 1.82) is 0 Å². The number of carbonyl (C=O) groups excluding carboxylic acids is 2. The Morgan fingerprint density at radius 1 is 1.22 bits per heavy atom. The molecule has 5 rings (SSSR count). The number of aromatic nitrogens is 1. The van der Waals surface area contributed by atoms with E-state index in [0.717, 1.165) is 16.3 Å². The number of amides is 2. The fourth-order valence-electron chi connectivity index (χ4n) is 6.14. The number of rotatable bonds is 3. The predicted molar refractivity (Wildman–Crippen MR) is 98.7 cm³/mol. The van der Waals surface area contributed by atoms with Gasteiger partial charge in [0.1, 0.15) is 0 Å². The van der Waals surface area contributed by atoms with Crippen LogP contribution in [0.3, 0.4) is 0 Å². The van der Waals surface area contributed by atoms with E-state index in [2.05, 4.69) is 18.8 Å². The predicted octanol–water partition coefficient (Wildman–Crippen LogP) is 1.53. The number of carbonyl (C=O) groups is 3. The lowest BCUT2D eigenvalue weighted by atomic mass is 9.64. The molecule has 2 bridgehead atoms. The van der Waals surface area contributed by atoms with E-state index in [4.69, 9.17) is 5.11 Å². The van der Waals surface area contributed by atoms with Crippen LogP contribution in [0.2, 0.25) is 0 Å². The van der Waals surface area contributed by atoms with E-state index in [9.17, 15) is 19.2 Å². The summed E-state index contributed by atoms with van der Waals surface area (Å²) in [5.74, 6) is -1.58. The van der Waals surface area contributed by atoms with Crippen molar-refractivity contribution in [3.05, 3.63) is 14.5 Å². The number of thioether (sulfide) groups is 1. The molecule has 1 aromatic heterocycles. The first-order chi connectivity index (χ1) is 12.7. The molecular formula is C18H20N2O5S2. The number of hydrogen-bond acceptors (Lipinski definition) is 6. The van der Waals surface area contributed by atoms with Crippen LogP contribution in [0.25, 0.3) is 0 Å². The average molecular weight is 409 g/mol. The first-order valence-electron chi connectivity index (χ1n) is 9.19. The number of aromatic amines is 1. The Morgan fingerprint density at radius 2 is 1.89 bits per heavy atom. The lowest BCUT2D eigenvalue weighted by Gasteiger charge is -2.47. The van der Waals surface area contributed by atoms with E-state index < -0.39 is 5.97 Å². The van der Waals surface area contributed by atoms with Gasteiger partial charge in [-0.25, -0.2) is 0 Å². The molecule has 6 unspecified atom stereocenters. The van der Waals surface area contributed by atoms with Crippen molar-refractivity contribution >= 4 is 40.9 Å². The van der Waals surface area contributed by atoms with Crippen LogP contribution in [0.1, 0.15) is 31.6 Å². The summed E-state index contributed by atoms with van der Waals surface area (Å²) in [7, 11) is 0. The molecule has 9 heteroatoms. The molecule has 144 valence electrons. The summed E-state index contributed by atoms with van der Waals surface area (Å²) < 4.78 is 0. The Kier molecular flexibility index (Phi) is 3.54. The second-order valence-corrected chi connectivity index (χ2v) is 10.8. The second kappa shape index (κ2) is 5.47. The summed E-state index contributed by atoms with van der Waals surface area (Å²) in [6.07, 6.45) is 0.655. The van der Waals surface area contributed by atoms with Crippen LogP contribution in [0.4, 0.5) is 0 Å². The Hall–Kier alpha value is -1.61. The molecule has 6 atom stereocenters. The minimum absolute atomic E-state index is 0.0357. The maximum absolute atomic E-state index is 13.0. The SMILES string of the molecule is CC1(C)c2sc(=O)[nH]c2SC2C3CC(C4C(=O)N(CCC(=O)O)C(=O)C34)C21. The fraction of sp³-hybridized carbons (Fsp3) is 0.667. The van der Waals surface area contributed by atoms with Gasteiger partial charge in [0, 0.05) is 22.1 Å². The van der Waals surface area contributed by atoms with E-state index >= 15 is 0 Å². The lowest BCUT2D eigenvalue weighted by molar-refractivity contribution is -0.142. The third-order valence-corrected chi connectivity index (χ3v) is 9.84. The first kappa shape index (κ1) is 17.5. The average Bonchev–Trinajstić information content (AvgIpc) is 3.28. The zero-order valence-corrected chi connectivity index (χ0v) is 16.6. The minimum atomic E-state index is -1.01. The molecule has 2 amide bonds. The molecule has 7 nitrogen and oxygen atoms in total. The van der Waals surface area contributed by atoms with Gasteiger partial charge in [-0.15, -0.1) is 11.8 Å². The Morgan fingerprint density at radius 3 is 2.56 bits per heavy atom. The van der Waals surface area contributed by atoms with Crippen molar-refractivity contribution in [2.24, 2.45) is 29.6 Å². The maximum atomic E-state index is 13.0. The maximum Gasteiger partial charge on any atom is 0.305 e. The molecule has 4 aliphatic rings. The number of nitrogens with zero attached hydrogens (tertiary/aromatic N) is 1. The van der Waals surface area contributed by atoms with Gasteiger partial charge in [0.2, 0.25) is 11.8 Å². The molecule has 0 spiro atoms. The third-order valence-electron chi connectivity index (χ3n) is 7.03. The molecule has 27 heavy (non-hydrogen) atoms. The molecule has 3 heterocycles. The summed E-state index contributed by atoms with van der Waals surface area (Å²) in [6.45, 7) is 4.25. The van der Waals surface area contributed by atoms with Crippen molar-refractivity contribution in [3.8, 4) is 0 Å². The molecule has 1 aromatic rings. The summed E-state index contributed by atoms with van der Waals surface area (Å²) in [5.41, 5.74) is -0.225. The molecule has 3 fully saturated rings. The van der Waals surface area contributed by atoms with Crippen LogP contribution < -0.4 is 4.87 Å². The number of imide groups is 1. The fourth-order valence-corrected chi connectivity index (χ4v) is 9.30. The largest absolute Gasteiger partial charge is 0.481 e. The highest BCUT2D eigenvalue weighted by Crippen LogP contribution is 2.68. The minimum Gasteiger partial charge on any atom is -0.481 e. The Bertz CT molecular complexity index is 934. The number of hydrogen-bond donors (Lipinski definition) is 2. The van der Waals surface area contributed by atoms with Crippen molar-refractivity contribution < 1.29 is 19.5 Å². The van der Waals surface area contributed by atoms with E-state index in [1.807, 2.05) is 0 Å². The molecule has 2 aliphatic carbocycles. The highest BCUT2D eigenvalue weighted by atomic mass is 32.2. The molecule has 0 aromatic carbocycles. The molecule has 2 N–H and O–H groups in total. The van der Waals surface area contributed by atoms with E-state index in [1.165, 1.54) is 16.2 Å². The lowest BCUT2D eigenvalue weighted by Crippen LogP contribution is -2.48. The van der Waals surface area contributed by atoms with Gasteiger partial charge in [-0.3, -0.25) is 24.1 Å². The summed E-state index contributed by atoms with van der Waals surface area (Å²) in [6, 6.07) is 0. The molecule has 0 radical (unpaired) electrons. The molecular weight excluding hydrogens is 388 g/mol. The zero-order chi connectivity index (χ0) is 19.2. The number of likely N-dealkylation sites (tertiary alicyclic amines) is 1. The Balaban J connectivity index is 1.51. The van der Waals surface area contributed by atoms with Crippen molar-refractivity contribution in [1.82, 2.24) is 9.88 Å². The van der Waals surface area contributed by atoms with Gasteiger partial charge in [-0.1, -0.05) is 25.2 Å². The van der Waals surface area contributed by atoms with Crippen molar-refractivity contribution in [3.63, 3.8) is 0 Å². The van der Waals surface area contributed by atoms with Crippen LogP contribution in [-0.2, 0) is 19.8 Å². The summed E-state index contributed by atoms with van der Waals surface area (Å²) in [4.78, 5) is 53.8. The van der Waals surface area contributed by atoms with Gasteiger partial charge in [0.15, 0.2) is 0 Å². The number of aliphatic carboxylic acids is 1. The van der Waals surface area contributed by atoms with Crippen LogP contribution in [0.5, 0.6) is 0 Å². The van der Waals surface area contributed by atoms with Gasteiger partial charge >= 0.3 is 10.8 Å². The monoisotopic (exact) mass is 408 g/mol. The number of fused-ring (bicyclic) bond motifs is 9. The highest BCUT2D eigenvalue weighted by molar-refractivity contribution is 8.00. The zero-order valence-electron chi connectivity index (χ0n) is 14.9. The number of thiazole rings is 1. The van der Waals surface area contributed by atoms with Crippen LogP contribution >= 0.6 is 23.1 Å². The highest BCUT2D eigenvalue weighted by Gasteiger charge is 2.70. The number of nitrogens with one attached hydrogen (secondary N) is 1. The van der Waals surface area contributed by atoms with Gasteiger partial charge in [-0.2, -0.15) is 0 Å².